The van der Waals surface area contributed by atoms with Gasteiger partial charge in [0.2, 0.25) is 0 Å². The van der Waals surface area contributed by atoms with Crippen molar-refractivity contribution in [1.82, 2.24) is 4.98 Å². The first-order valence-electron chi connectivity index (χ1n) is 7.49. The number of pyridine rings is 1. The van der Waals surface area contributed by atoms with Crippen LogP contribution >= 0.6 is 0 Å². The van der Waals surface area contributed by atoms with Crippen LogP contribution in [0.3, 0.4) is 0 Å². The van der Waals surface area contributed by atoms with Gasteiger partial charge in [-0.25, -0.2) is 4.39 Å². The fourth-order valence-electron chi connectivity index (χ4n) is 2.46. The van der Waals surface area contributed by atoms with Gasteiger partial charge in [0, 0.05) is 28.8 Å². The number of nitrogens with zero attached hydrogens (tertiary/aromatic N) is 1. The molecule has 3 rings (SSSR count). The third-order valence-electron chi connectivity index (χ3n) is 3.71. The van der Waals surface area contributed by atoms with E-state index in [9.17, 15) is 4.39 Å². The van der Waals surface area contributed by atoms with Crippen LogP contribution in [0.1, 0.15) is 5.56 Å². The fourth-order valence-corrected chi connectivity index (χ4v) is 3.19. The SMILES string of the molecule is COc1ccc2c(OCc3cc(F)cc(S(C)(=N)=N)c3)ccnc2c1. The van der Waals surface area contributed by atoms with Crippen LogP contribution in [0.2, 0.25) is 0 Å². The number of hydrogen-bond acceptors (Lipinski definition) is 5. The Bertz CT molecular complexity index is 1040. The van der Waals surface area contributed by atoms with Crippen LogP contribution in [-0.2, 0) is 16.2 Å². The molecule has 0 saturated heterocycles. The molecule has 7 heteroatoms. The average molecular weight is 359 g/mol. The lowest BCUT2D eigenvalue weighted by molar-refractivity contribution is 0.309. The van der Waals surface area contributed by atoms with Crippen molar-refractivity contribution in [2.75, 3.05) is 13.4 Å². The monoisotopic (exact) mass is 359 g/mol. The van der Waals surface area contributed by atoms with Gasteiger partial charge < -0.3 is 9.47 Å². The fraction of sp³-hybridized carbons (Fsp3) is 0.167. The number of ether oxygens (including phenoxy) is 2. The van der Waals surface area contributed by atoms with Gasteiger partial charge in [0.1, 0.15) is 23.9 Å². The van der Waals surface area contributed by atoms with Crippen molar-refractivity contribution in [3.63, 3.8) is 0 Å². The van der Waals surface area contributed by atoms with E-state index in [-0.39, 0.29) is 6.61 Å². The molecule has 25 heavy (non-hydrogen) atoms. The molecule has 0 saturated carbocycles. The maximum absolute atomic E-state index is 13.8. The van der Waals surface area contributed by atoms with Gasteiger partial charge in [-0.1, -0.05) is 0 Å². The number of methoxy groups -OCH3 is 1. The van der Waals surface area contributed by atoms with Crippen molar-refractivity contribution < 1.29 is 13.9 Å². The van der Waals surface area contributed by atoms with Crippen molar-refractivity contribution in [3.05, 3.63) is 60.0 Å². The molecule has 0 atom stereocenters. The third kappa shape index (κ3) is 3.88. The zero-order valence-electron chi connectivity index (χ0n) is 13.9. The number of hydrogen-bond donors (Lipinski definition) is 2. The Morgan fingerprint density at radius 1 is 1.12 bits per heavy atom. The second-order valence-electron chi connectivity index (χ2n) is 5.69. The summed E-state index contributed by atoms with van der Waals surface area (Å²) >= 11 is 0. The second kappa shape index (κ2) is 6.68. The first-order valence-corrected chi connectivity index (χ1v) is 9.53. The minimum Gasteiger partial charge on any atom is -0.497 e. The molecule has 2 N–H and O–H groups in total. The zero-order chi connectivity index (χ0) is 18.0. The number of nitrogens with one attached hydrogen (secondary N) is 2. The van der Waals surface area contributed by atoms with Gasteiger partial charge >= 0.3 is 0 Å². The molecule has 0 aliphatic carbocycles. The average Bonchev–Trinajstić information content (AvgIpc) is 2.58. The Labute approximate surface area is 145 Å². The van der Waals surface area contributed by atoms with E-state index in [0.717, 1.165) is 10.9 Å². The Kier molecular flexibility index (Phi) is 4.59. The van der Waals surface area contributed by atoms with Crippen LogP contribution in [0.5, 0.6) is 11.5 Å². The highest BCUT2D eigenvalue weighted by atomic mass is 32.2. The minimum absolute atomic E-state index is 0.144. The molecule has 1 heterocycles. The molecule has 1 aromatic heterocycles. The lowest BCUT2D eigenvalue weighted by atomic mass is 10.2. The number of fused-ring (bicyclic) bond motifs is 1. The molecule has 0 radical (unpaired) electrons. The normalized spacial score (nSPS) is 11.5. The molecule has 0 unspecified atom stereocenters. The van der Waals surface area contributed by atoms with Gasteiger partial charge in [0.05, 0.1) is 12.6 Å². The van der Waals surface area contributed by atoms with Crippen molar-refractivity contribution >= 4 is 20.5 Å². The van der Waals surface area contributed by atoms with E-state index in [2.05, 4.69) is 4.98 Å². The van der Waals surface area contributed by atoms with Gasteiger partial charge in [-0.3, -0.25) is 14.5 Å². The lowest BCUT2D eigenvalue weighted by Gasteiger charge is -2.12. The molecule has 130 valence electrons. The maximum Gasteiger partial charge on any atom is 0.130 e. The molecule has 3 aromatic rings. The zero-order valence-corrected chi connectivity index (χ0v) is 14.7. The second-order valence-corrected chi connectivity index (χ2v) is 8.00. The van der Waals surface area contributed by atoms with E-state index in [4.69, 9.17) is 19.0 Å². The Hall–Kier alpha value is -2.67. The summed E-state index contributed by atoms with van der Waals surface area (Å²) in [6.07, 6.45) is 3.12. The van der Waals surface area contributed by atoms with Crippen LogP contribution in [0.25, 0.3) is 10.9 Å². The molecular weight excluding hydrogens is 341 g/mol. The molecule has 0 spiro atoms. The summed E-state index contributed by atoms with van der Waals surface area (Å²) < 4.78 is 40.5. The third-order valence-corrected chi connectivity index (χ3v) is 4.89. The first-order chi connectivity index (χ1) is 11.9. The summed E-state index contributed by atoms with van der Waals surface area (Å²) in [5.41, 5.74) is 1.33. The summed E-state index contributed by atoms with van der Waals surface area (Å²) in [4.78, 5) is 4.67. The number of halogens is 1. The van der Waals surface area contributed by atoms with Gasteiger partial charge in [-0.2, -0.15) is 0 Å². The molecule has 0 amide bonds. The van der Waals surface area contributed by atoms with E-state index >= 15 is 0 Å². The van der Waals surface area contributed by atoms with E-state index in [1.54, 1.807) is 25.4 Å². The smallest absolute Gasteiger partial charge is 0.130 e. The summed E-state index contributed by atoms with van der Waals surface area (Å²) in [5.74, 6) is 0.879. The molecule has 0 bridgehead atoms. The quantitative estimate of drug-likeness (QED) is 0.697. The molecule has 0 aliphatic heterocycles. The van der Waals surface area contributed by atoms with Crippen molar-refractivity contribution in [1.29, 1.82) is 9.56 Å². The molecule has 0 fully saturated rings. The van der Waals surface area contributed by atoms with Gasteiger partial charge in [-0.15, -0.1) is 0 Å². The predicted octanol–water partition coefficient (Wildman–Crippen LogP) is 4.63. The Morgan fingerprint density at radius 2 is 1.92 bits per heavy atom. The van der Waals surface area contributed by atoms with Gasteiger partial charge in [0.25, 0.3) is 0 Å². The van der Waals surface area contributed by atoms with Crippen LogP contribution < -0.4 is 9.47 Å². The van der Waals surface area contributed by atoms with Crippen LogP contribution in [0.15, 0.2) is 53.6 Å². The van der Waals surface area contributed by atoms with Crippen molar-refractivity contribution in [3.8, 4) is 11.5 Å². The summed E-state index contributed by atoms with van der Waals surface area (Å²) in [6.45, 7) is 0.144. The molecular formula is C18H18FN3O2S. The number of aromatic nitrogens is 1. The van der Waals surface area contributed by atoms with E-state index < -0.39 is 15.4 Å². The summed E-state index contributed by atoms with van der Waals surface area (Å²) in [7, 11) is -0.898. The maximum atomic E-state index is 13.8. The van der Waals surface area contributed by atoms with E-state index in [0.29, 0.717) is 22.0 Å². The lowest BCUT2D eigenvalue weighted by Crippen LogP contribution is -2.01. The largest absolute Gasteiger partial charge is 0.497 e. The molecule has 5 nitrogen and oxygen atoms in total. The highest BCUT2D eigenvalue weighted by molar-refractivity contribution is 7.92. The summed E-state index contributed by atoms with van der Waals surface area (Å²) in [6, 6.07) is 11.5. The summed E-state index contributed by atoms with van der Waals surface area (Å²) in [5, 5.41) is 0.830. The van der Waals surface area contributed by atoms with Crippen LogP contribution in [0, 0.1) is 15.4 Å². The number of benzene rings is 2. The Balaban J connectivity index is 1.89. The van der Waals surface area contributed by atoms with E-state index in [1.165, 1.54) is 18.4 Å². The highest BCUT2D eigenvalue weighted by Crippen LogP contribution is 2.28. The Morgan fingerprint density at radius 3 is 2.64 bits per heavy atom. The van der Waals surface area contributed by atoms with Gasteiger partial charge in [-0.05, 0) is 51.6 Å². The first kappa shape index (κ1) is 17.2. The molecule has 2 aromatic carbocycles. The van der Waals surface area contributed by atoms with Crippen LogP contribution in [0.4, 0.5) is 4.39 Å². The van der Waals surface area contributed by atoms with E-state index in [1.807, 2.05) is 18.2 Å². The highest BCUT2D eigenvalue weighted by Gasteiger charge is 2.08. The predicted molar refractivity (Wildman–Crippen MR) is 96.0 cm³/mol. The topological polar surface area (TPSA) is 79.0 Å². The van der Waals surface area contributed by atoms with Crippen molar-refractivity contribution in [2.45, 2.75) is 11.5 Å². The molecule has 0 aliphatic rings. The minimum atomic E-state index is -2.49. The van der Waals surface area contributed by atoms with Gasteiger partial charge in [0.15, 0.2) is 0 Å². The standard InChI is InChI=1S/C18H18FN3O2S/c1-23-14-3-4-16-17(10-14)22-6-5-18(16)24-11-12-7-13(19)9-15(8-12)25(2,20)21/h3-10,20-21H,11H2,1-2H3. The van der Waals surface area contributed by atoms with Crippen LogP contribution in [-0.4, -0.2) is 18.3 Å². The van der Waals surface area contributed by atoms with Crippen molar-refractivity contribution in [2.24, 2.45) is 0 Å². The number of rotatable bonds is 5.